The summed E-state index contributed by atoms with van der Waals surface area (Å²) >= 11 is 0. The molecule has 0 unspecified atom stereocenters. The molecule has 1 saturated heterocycles. The largest absolute Gasteiger partial charge is 0.406 e. The molecule has 1 fully saturated rings. The van der Waals surface area contributed by atoms with E-state index in [9.17, 15) is 14.5 Å². The molecule has 1 aliphatic heterocycles. The molecule has 0 aliphatic carbocycles. The Morgan fingerprint density at radius 1 is 1.14 bits per heavy atom. The summed E-state index contributed by atoms with van der Waals surface area (Å²) in [5.41, 5.74) is 3.14. The summed E-state index contributed by atoms with van der Waals surface area (Å²) in [6.45, 7) is 4.08. The molecule has 10 heteroatoms. The second-order valence-corrected chi connectivity index (χ2v) is 9.43. The van der Waals surface area contributed by atoms with Crippen LogP contribution in [0.1, 0.15) is 24.2 Å². The predicted octanol–water partition coefficient (Wildman–Crippen LogP) is 4.23. The molecule has 36 heavy (non-hydrogen) atoms. The maximum absolute atomic E-state index is 13.4. The zero-order chi connectivity index (χ0) is 25.1. The molecule has 5 rings (SSSR count). The van der Waals surface area contributed by atoms with Gasteiger partial charge in [-0.1, -0.05) is 24.3 Å². The molecule has 2 aromatic carbocycles. The molecule has 1 aliphatic rings. The van der Waals surface area contributed by atoms with Crippen molar-refractivity contribution >= 4 is 22.7 Å². The molecule has 9 nitrogen and oxygen atoms in total. The molecular weight excluding hydrogens is 461 g/mol. The first kappa shape index (κ1) is 23.9. The van der Waals surface area contributed by atoms with Gasteiger partial charge in [-0.2, -0.15) is 0 Å². The number of halogens is 1. The average Bonchev–Trinajstić information content (AvgIpc) is 3.41. The van der Waals surface area contributed by atoms with E-state index in [2.05, 4.69) is 25.8 Å². The van der Waals surface area contributed by atoms with Crippen LogP contribution in [-0.2, 0) is 20.0 Å². The lowest BCUT2D eigenvalue weighted by Gasteiger charge is -2.32. The molecule has 1 N–H and O–H groups in total. The number of nitro groups is 1. The van der Waals surface area contributed by atoms with Gasteiger partial charge < -0.3 is 24.9 Å². The Hall–Kier alpha value is -3.79. The number of aromatic nitrogens is 4. The van der Waals surface area contributed by atoms with Crippen molar-refractivity contribution in [2.45, 2.75) is 25.8 Å². The number of likely N-dealkylation sites (tertiary alicyclic amines) is 1. The Labute approximate surface area is 208 Å². The first-order chi connectivity index (χ1) is 17.5. The van der Waals surface area contributed by atoms with E-state index in [-0.39, 0.29) is 11.6 Å². The Morgan fingerprint density at radius 3 is 2.64 bits per heavy atom. The third-order valence-electron chi connectivity index (χ3n) is 6.98. The number of nitrogens with one attached hydrogen (secondary N) is 1. The number of hydrogen-bond donors (Lipinski definition) is 1. The van der Waals surface area contributed by atoms with E-state index in [1.807, 2.05) is 30.3 Å². The highest BCUT2D eigenvalue weighted by atomic mass is 19.1. The molecule has 0 saturated carbocycles. The van der Waals surface area contributed by atoms with Gasteiger partial charge in [-0.05, 0) is 71.6 Å². The second-order valence-electron chi connectivity index (χ2n) is 9.43. The number of aryl methyl sites for hydroxylation is 1. The van der Waals surface area contributed by atoms with Crippen LogP contribution in [-0.4, -0.2) is 55.1 Å². The summed E-state index contributed by atoms with van der Waals surface area (Å²) in [5.74, 6) is 1.69. The molecule has 0 amide bonds. The van der Waals surface area contributed by atoms with E-state index < -0.39 is 4.92 Å². The molecule has 0 radical (unpaired) electrons. The zero-order valence-electron chi connectivity index (χ0n) is 20.3. The van der Waals surface area contributed by atoms with Gasteiger partial charge in [-0.15, -0.1) is 0 Å². The van der Waals surface area contributed by atoms with Crippen LogP contribution in [0.25, 0.3) is 11.0 Å². The number of piperidine rings is 1. The van der Waals surface area contributed by atoms with Gasteiger partial charge in [0.15, 0.2) is 0 Å². The van der Waals surface area contributed by atoms with Gasteiger partial charge in [0.1, 0.15) is 11.6 Å². The van der Waals surface area contributed by atoms with Gasteiger partial charge in [0, 0.05) is 33.1 Å². The average molecular weight is 492 g/mol. The molecule has 0 spiro atoms. The van der Waals surface area contributed by atoms with Gasteiger partial charge in [0.25, 0.3) is 0 Å². The molecular formula is C26H30FN7O2. The summed E-state index contributed by atoms with van der Waals surface area (Å²) in [6, 6.07) is 14.9. The van der Waals surface area contributed by atoms with Crippen molar-refractivity contribution in [3.05, 3.63) is 82.2 Å². The van der Waals surface area contributed by atoms with E-state index >= 15 is 0 Å². The fourth-order valence-electron chi connectivity index (χ4n) is 4.99. The molecule has 188 valence electrons. The number of rotatable bonds is 9. The number of imidazole rings is 2. The van der Waals surface area contributed by atoms with Crippen LogP contribution in [0.4, 0.5) is 16.0 Å². The van der Waals surface area contributed by atoms with Gasteiger partial charge in [0.2, 0.25) is 12.1 Å². The number of fused-ring (bicyclic) bond motifs is 1. The number of benzene rings is 2. The highest BCUT2D eigenvalue weighted by Crippen LogP contribution is 2.26. The molecule has 0 atom stereocenters. The molecule has 0 bridgehead atoms. The van der Waals surface area contributed by atoms with E-state index in [0.717, 1.165) is 61.3 Å². The van der Waals surface area contributed by atoms with E-state index in [0.29, 0.717) is 24.8 Å². The van der Waals surface area contributed by atoms with Crippen molar-refractivity contribution in [1.82, 2.24) is 24.0 Å². The Bertz CT molecular complexity index is 1340. The van der Waals surface area contributed by atoms with E-state index in [4.69, 9.17) is 4.98 Å². The Morgan fingerprint density at radius 2 is 1.89 bits per heavy atom. The number of para-hydroxylation sites is 2. The zero-order valence-corrected chi connectivity index (χ0v) is 20.3. The first-order valence-electron chi connectivity index (χ1n) is 12.3. The Kier molecular flexibility index (Phi) is 6.95. The van der Waals surface area contributed by atoms with E-state index in [1.54, 1.807) is 11.6 Å². The molecule has 2 aromatic heterocycles. The summed E-state index contributed by atoms with van der Waals surface area (Å²) in [7, 11) is 1.75. The van der Waals surface area contributed by atoms with Crippen molar-refractivity contribution in [1.29, 1.82) is 0 Å². The lowest BCUT2D eigenvalue weighted by Crippen LogP contribution is -2.37. The van der Waals surface area contributed by atoms with Crippen LogP contribution >= 0.6 is 0 Å². The minimum absolute atomic E-state index is 0.139. The van der Waals surface area contributed by atoms with Gasteiger partial charge in [-0.25, -0.2) is 9.37 Å². The van der Waals surface area contributed by atoms with Crippen molar-refractivity contribution in [3.8, 4) is 0 Å². The quantitative estimate of drug-likeness (QED) is 0.278. The number of nitrogens with zero attached hydrogens (tertiary/aromatic N) is 6. The monoisotopic (exact) mass is 491 g/mol. The highest BCUT2D eigenvalue weighted by molar-refractivity contribution is 5.76. The summed E-state index contributed by atoms with van der Waals surface area (Å²) in [6.07, 6.45) is 4.51. The van der Waals surface area contributed by atoms with Gasteiger partial charge >= 0.3 is 5.82 Å². The molecule has 3 heterocycles. The minimum Gasteiger partial charge on any atom is -0.363 e. The maximum atomic E-state index is 13.4. The summed E-state index contributed by atoms with van der Waals surface area (Å²) in [4.78, 5) is 21.9. The fourth-order valence-corrected chi connectivity index (χ4v) is 4.99. The van der Waals surface area contributed by atoms with E-state index in [1.165, 1.54) is 18.5 Å². The first-order valence-corrected chi connectivity index (χ1v) is 12.3. The van der Waals surface area contributed by atoms with Crippen molar-refractivity contribution in [3.63, 3.8) is 0 Å². The topological polar surface area (TPSA) is 94.0 Å². The Balaban J connectivity index is 1.19. The minimum atomic E-state index is -0.461. The third kappa shape index (κ3) is 5.23. The standard InChI is InChI=1S/C26H30FN7O2/c1-31-18-29-26(34(35)36)25(31)28-12-15-32-13-10-19(11-14-32)16-24-30-22-4-2-3-5-23(22)33(24)17-20-6-8-21(27)9-7-20/h2-9,18-19,28H,10-17H2,1H3. The van der Waals surface area contributed by atoms with Crippen LogP contribution in [0.15, 0.2) is 54.9 Å². The van der Waals surface area contributed by atoms with Crippen LogP contribution in [0.2, 0.25) is 0 Å². The van der Waals surface area contributed by atoms with Crippen LogP contribution in [0.5, 0.6) is 0 Å². The smallest absolute Gasteiger partial charge is 0.363 e. The third-order valence-corrected chi connectivity index (χ3v) is 6.98. The van der Waals surface area contributed by atoms with Crippen LogP contribution in [0, 0.1) is 21.8 Å². The number of hydrogen-bond acceptors (Lipinski definition) is 6. The normalized spacial score (nSPS) is 14.9. The van der Waals surface area contributed by atoms with Crippen LogP contribution < -0.4 is 5.32 Å². The SMILES string of the molecule is Cn1cnc([N+](=O)[O-])c1NCCN1CCC(Cc2nc3ccccc3n2Cc2ccc(F)cc2)CC1. The highest BCUT2D eigenvalue weighted by Gasteiger charge is 2.23. The predicted molar refractivity (Wildman–Crippen MR) is 136 cm³/mol. The maximum Gasteiger partial charge on any atom is 0.406 e. The lowest BCUT2D eigenvalue weighted by atomic mass is 9.93. The lowest BCUT2D eigenvalue weighted by molar-refractivity contribution is -0.388. The number of anilines is 1. The van der Waals surface area contributed by atoms with Crippen molar-refractivity contribution in [2.24, 2.45) is 13.0 Å². The van der Waals surface area contributed by atoms with Gasteiger partial charge in [0.05, 0.1) is 11.0 Å². The second kappa shape index (κ2) is 10.4. The van der Waals surface area contributed by atoms with Crippen molar-refractivity contribution < 1.29 is 9.31 Å². The fraction of sp³-hybridized carbons (Fsp3) is 0.385. The summed E-state index contributed by atoms with van der Waals surface area (Å²) < 4.78 is 17.3. The van der Waals surface area contributed by atoms with Crippen LogP contribution in [0.3, 0.4) is 0 Å². The van der Waals surface area contributed by atoms with Crippen molar-refractivity contribution in [2.75, 3.05) is 31.5 Å². The van der Waals surface area contributed by atoms with Gasteiger partial charge in [-0.3, -0.25) is 4.57 Å². The molecule has 4 aromatic rings. The summed E-state index contributed by atoms with van der Waals surface area (Å²) in [5, 5.41) is 14.3.